The van der Waals surface area contributed by atoms with Crippen molar-refractivity contribution < 1.29 is 14.5 Å². The molecule has 6 nitrogen and oxygen atoms in total. The van der Waals surface area contributed by atoms with E-state index < -0.39 is 10.8 Å². The molecule has 0 bridgehead atoms. The molecule has 6 heteroatoms. The Kier molecular flexibility index (Phi) is 3.27. The van der Waals surface area contributed by atoms with Gasteiger partial charge < -0.3 is 5.32 Å². The van der Waals surface area contributed by atoms with Crippen molar-refractivity contribution in [2.45, 2.75) is 0 Å². The van der Waals surface area contributed by atoms with Gasteiger partial charge in [0.25, 0.3) is 11.6 Å². The average Bonchev–Trinajstić information content (AvgIpc) is 2.83. The highest BCUT2D eigenvalue weighted by Gasteiger charge is 2.27. The summed E-state index contributed by atoms with van der Waals surface area (Å²) in [5.41, 5.74) is 1.27. The van der Waals surface area contributed by atoms with Gasteiger partial charge in [-0.15, -0.1) is 0 Å². The first-order valence-electron chi connectivity index (χ1n) is 6.47. The van der Waals surface area contributed by atoms with Crippen molar-refractivity contribution in [3.05, 3.63) is 75.8 Å². The number of non-ortho nitro benzene ring substituents is 1. The number of benzene rings is 2. The van der Waals surface area contributed by atoms with Crippen LogP contribution in [0, 0.1) is 10.1 Å². The third kappa shape index (κ3) is 2.37. The Bertz CT molecular complexity index is 825. The van der Waals surface area contributed by atoms with Crippen molar-refractivity contribution in [1.29, 1.82) is 0 Å². The zero-order valence-electron chi connectivity index (χ0n) is 11.3. The molecule has 0 saturated heterocycles. The summed E-state index contributed by atoms with van der Waals surface area (Å²) in [5.74, 6) is -0.773. The lowest BCUT2D eigenvalue weighted by Gasteiger charge is -1.99. The van der Waals surface area contributed by atoms with Gasteiger partial charge in [-0.3, -0.25) is 19.7 Å². The van der Waals surface area contributed by atoms with E-state index >= 15 is 0 Å². The van der Waals surface area contributed by atoms with Crippen LogP contribution in [0.4, 0.5) is 11.4 Å². The van der Waals surface area contributed by atoms with Gasteiger partial charge in [-0.05, 0) is 12.1 Å². The summed E-state index contributed by atoms with van der Waals surface area (Å²) in [5, 5.41) is 13.4. The number of nitro benzene ring substituents is 1. The monoisotopic (exact) mass is 294 g/mol. The molecule has 0 aliphatic carbocycles. The van der Waals surface area contributed by atoms with Gasteiger partial charge in [0.2, 0.25) is 0 Å². The first-order chi connectivity index (χ1) is 10.6. The summed E-state index contributed by atoms with van der Waals surface area (Å²) in [6.45, 7) is 0. The van der Waals surface area contributed by atoms with Gasteiger partial charge in [0.1, 0.15) is 0 Å². The zero-order chi connectivity index (χ0) is 15.7. The lowest BCUT2D eigenvalue weighted by atomic mass is 10.0. The number of rotatable bonds is 3. The predicted molar refractivity (Wildman–Crippen MR) is 80.5 cm³/mol. The Morgan fingerprint density at radius 3 is 2.55 bits per heavy atom. The van der Waals surface area contributed by atoms with E-state index in [1.165, 1.54) is 24.3 Å². The topological polar surface area (TPSA) is 89.3 Å². The zero-order valence-corrected chi connectivity index (χ0v) is 11.3. The van der Waals surface area contributed by atoms with Crippen LogP contribution in [0.2, 0.25) is 0 Å². The number of ketones is 1. The van der Waals surface area contributed by atoms with Gasteiger partial charge in [-0.2, -0.15) is 0 Å². The molecule has 0 aromatic heterocycles. The predicted octanol–water partition coefficient (Wildman–Crippen LogP) is 2.81. The van der Waals surface area contributed by atoms with Gasteiger partial charge in [-0.25, -0.2) is 0 Å². The van der Waals surface area contributed by atoms with Crippen LogP contribution >= 0.6 is 0 Å². The fraction of sp³-hybridized carbons (Fsp3) is 0. The highest BCUT2D eigenvalue weighted by atomic mass is 16.6. The second kappa shape index (κ2) is 5.25. The molecule has 0 saturated carbocycles. The first-order valence-corrected chi connectivity index (χ1v) is 6.47. The van der Waals surface area contributed by atoms with Crippen molar-refractivity contribution in [3.8, 4) is 0 Å². The molecule has 22 heavy (non-hydrogen) atoms. The molecule has 1 heterocycles. The number of amides is 1. The molecule has 0 unspecified atom stereocenters. The number of anilines is 1. The molecule has 2 aromatic rings. The van der Waals surface area contributed by atoms with E-state index in [-0.39, 0.29) is 17.0 Å². The lowest BCUT2D eigenvalue weighted by molar-refractivity contribution is -0.384. The van der Waals surface area contributed by atoms with Crippen molar-refractivity contribution in [1.82, 2.24) is 0 Å². The molecule has 108 valence electrons. The van der Waals surface area contributed by atoms with Gasteiger partial charge in [-0.1, -0.05) is 30.3 Å². The number of hydrogen-bond donors (Lipinski definition) is 1. The second-order valence-electron chi connectivity index (χ2n) is 4.73. The maximum atomic E-state index is 12.2. The largest absolute Gasteiger partial charge is 0.321 e. The van der Waals surface area contributed by atoms with Gasteiger partial charge in [0, 0.05) is 28.9 Å². The highest BCUT2D eigenvalue weighted by Crippen LogP contribution is 2.34. The highest BCUT2D eigenvalue weighted by molar-refractivity contribution is 6.35. The number of nitrogens with one attached hydrogen (secondary N) is 1. The van der Waals surface area contributed by atoms with Gasteiger partial charge >= 0.3 is 0 Å². The Labute approximate surface area is 125 Å². The molecule has 0 atom stereocenters. The van der Waals surface area contributed by atoms with Crippen LogP contribution < -0.4 is 5.32 Å². The normalized spacial score (nSPS) is 14.5. The summed E-state index contributed by atoms with van der Waals surface area (Å²) < 4.78 is 0. The summed E-state index contributed by atoms with van der Waals surface area (Å²) in [4.78, 5) is 34.5. The van der Waals surface area contributed by atoms with Crippen LogP contribution in [-0.4, -0.2) is 16.6 Å². The van der Waals surface area contributed by atoms with Crippen LogP contribution in [0.3, 0.4) is 0 Å². The Morgan fingerprint density at radius 1 is 1.14 bits per heavy atom. The van der Waals surface area contributed by atoms with E-state index in [2.05, 4.69) is 5.32 Å². The Morgan fingerprint density at radius 2 is 1.86 bits per heavy atom. The summed E-state index contributed by atoms with van der Waals surface area (Å²) in [6, 6.07) is 12.6. The molecule has 3 rings (SSSR count). The fourth-order valence-electron chi connectivity index (χ4n) is 2.25. The molecule has 1 aliphatic rings. The summed E-state index contributed by atoms with van der Waals surface area (Å²) in [7, 11) is 0. The van der Waals surface area contributed by atoms with E-state index in [9.17, 15) is 19.7 Å². The van der Waals surface area contributed by atoms with Crippen molar-refractivity contribution in [2.24, 2.45) is 0 Å². The number of hydrogen-bond acceptors (Lipinski definition) is 4. The number of fused-ring (bicyclic) bond motifs is 1. The number of carbonyl (C=O) groups is 2. The molecule has 2 aromatic carbocycles. The molecule has 0 radical (unpaired) electrons. The minimum absolute atomic E-state index is 0.131. The quantitative estimate of drug-likeness (QED) is 0.408. The lowest BCUT2D eigenvalue weighted by Crippen LogP contribution is -2.05. The van der Waals surface area contributed by atoms with Gasteiger partial charge in [0.05, 0.1) is 10.5 Å². The molecule has 0 spiro atoms. The van der Waals surface area contributed by atoms with Crippen molar-refractivity contribution in [3.63, 3.8) is 0 Å². The summed E-state index contributed by atoms with van der Waals surface area (Å²) >= 11 is 0. The third-order valence-electron chi connectivity index (χ3n) is 3.33. The first kappa shape index (κ1) is 13.7. The Hall–Kier alpha value is -3.28. The average molecular weight is 294 g/mol. The molecule has 1 aliphatic heterocycles. The smallest absolute Gasteiger partial charge is 0.270 e. The molecule has 1 amide bonds. The minimum atomic E-state index is -0.542. The summed E-state index contributed by atoms with van der Waals surface area (Å²) in [6.07, 6.45) is 1.21. The van der Waals surface area contributed by atoms with E-state index in [0.717, 1.165) is 0 Å². The van der Waals surface area contributed by atoms with Crippen LogP contribution in [-0.2, 0) is 4.79 Å². The van der Waals surface area contributed by atoms with Crippen LogP contribution in [0.25, 0.3) is 5.57 Å². The maximum Gasteiger partial charge on any atom is 0.270 e. The van der Waals surface area contributed by atoms with Crippen molar-refractivity contribution in [2.75, 3.05) is 5.32 Å². The van der Waals surface area contributed by atoms with Crippen LogP contribution in [0.15, 0.2) is 54.6 Å². The number of nitro groups is 1. The number of allylic oxidation sites excluding steroid dienone is 1. The van der Waals surface area contributed by atoms with E-state index in [0.29, 0.717) is 16.8 Å². The van der Waals surface area contributed by atoms with E-state index in [1.54, 1.807) is 30.3 Å². The van der Waals surface area contributed by atoms with Crippen LogP contribution in [0.1, 0.15) is 15.9 Å². The molecular formula is C16H10N2O4. The number of nitrogens with zero attached hydrogens (tertiary/aromatic N) is 1. The van der Waals surface area contributed by atoms with Crippen molar-refractivity contribution >= 4 is 28.6 Å². The Balaban J connectivity index is 2.04. The fourth-order valence-corrected chi connectivity index (χ4v) is 2.25. The molecule has 0 fully saturated rings. The van der Waals surface area contributed by atoms with Crippen LogP contribution in [0.5, 0.6) is 0 Å². The standard InChI is InChI=1S/C16H10N2O4/c19-15(10-4-2-1-3-5-10)9-13-12-8-11(18(21)22)6-7-14(12)17-16(13)20/h1-9H,(H,17,20). The van der Waals surface area contributed by atoms with E-state index in [4.69, 9.17) is 0 Å². The number of carbonyl (C=O) groups excluding carboxylic acids is 2. The molecular weight excluding hydrogens is 284 g/mol. The SMILES string of the molecule is O=C1Nc2ccc([N+](=O)[O-])cc2C1=CC(=O)c1ccccc1. The maximum absolute atomic E-state index is 12.2. The molecule has 1 N–H and O–H groups in total. The van der Waals surface area contributed by atoms with E-state index in [1.807, 2.05) is 0 Å². The minimum Gasteiger partial charge on any atom is -0.321 e. The second-order valence-corrected chi connectivity index (χ2v) is 4.73. The van der Waals surface area contributed by atoms with Gasteiger partial charge in [0.15, 0.2) is 5.78 Å². The third-order valence-corrected chi connectivity index (χ3v) is 3.33.